The molecule has 5 rings (SSSR count). The number of nitrogens with zero attached hydrogens (tertiary/aromatic N) is 6. The van der Waals surface area contributed by atoms with E-state index in [1.807, 2.05) is 30.3 Å². The van der Waals surface area contributed by atoms with Gasteiger partial charge in [0.2, 0.25) is 5.13 Å². The van der Waals surface area contributed by atoms with Gasteiger partial charge in [0.15, 0.2) is 0 Å². The third-order valence-corrected chi connectivity index (χ3v) is 8.24. The van der Waals surface area contributed by atoms with E-state index in [4.69, 9.17) is 0 Å². The summed E-state index contributed by atoms with van der Waals surface area (Å²) in [5.41, 5.74) is 4.28. The Labute approximate surface area is 225 Å². The Balaban J connectivity index is 1.32. The number of fused-ring (bicyclic) bond motifs is 2. The van der Waals surface area contributed by atoms with Gasteiger partial charge in [0.05, 0.1) is 16.1 Å². The van der Waals surface area contributed by atoms with E-state index in [0.717, 1.165) is 50.8 Å². The van der Waals surface area contributed by atoms with Crippen LogP contribution in [-0.4, -0.2) is 18.1 Å². The molecule has 0 atom stereocenters. The maximum absolute atomic E-state index is 4.66. The number of thiazole rings is 1. The van der Waals surface area contributed by atoms with E-state index in [1.165, 1.54) is 52.2 Å². The van der Waals surface area contributed by atoms with Crippen molar-refractivity contribution in [2.24, 2.45) is 20.5 Å². The van der Waals surface area contributed by atoms with Gasteiger partial charge in [0.1, 0.15) is 9.83 Å². The molecule has 0 aliphatic heterocycles. The zero-order valence-corrected chi connectivity index (χ0v) is 23.0. The normalized spacial score (nSPS) is 12.0. The van der Waals surface area contributed by atoms with Gasteiger partial charge in [-0.3, -0.25) is 0 Å². The average molecular weight is 527 g/mol. The van der Waals surface area contributed by atoms with Gasteiger partial charge in [-0.15, -0.1) is 20.5 Å². The summed E-state index contributed by atoms with van der Waals surface area (Å²) in [5.74, 6) is 0. The molecule has 0 N–H and O–H groups in total. The Bertz CT molecular complexity index is 1510. The summed E-state index contributed by atoms with van der Waals surface area (Å²) < 4.78 is 1.05. The van der Waals surface area contributed by atoms with Crippen LogP contribution in [0.5, 0.6) is 0 Å². The predicted molar refractivity (Wildman–Crippen MR) is 158 cm³/mol. The first-order valence-corrected chi connectivity index (χ1v) is 14.4. The van der Waals surface area contributed by atoms with E-state index in [2.05, 4.69) is 87.5 Å². The first-order valence-electron chi connectivity index (χ1n) is 12.8. The van der Waals surface area contributed by atoms with Crippen molar-refractivity contribution < 1.29 is 0 Å². The van der Waals surface area contributed by atoms with Gasteiger partial charge >= 0.3 is 0 Å². The van der Waals surface area contributed by atoms with Crippen molar-refractivity contribution in [3.63, 3.8) is 0 Å². The van der Waals surface area contributed by atoms with Crippen molar-refractivity contribution in [1.82, 2.24) is 4.98 Å². The summed E-state index contributed by atoms with van der Waals surface area (Å²) in [6, 6.07) is 22.9. The molecule has 0 aliphatic carbocycles. The molecule has 0 spiro atoms. The summed E-state index contributed by atoms with van der Waals surface area (Å²) in [4.78, 5) is 7.93. The van der Waals surface area contributed by atoms with Gasteiger partial charge in [0, 0.05) is 29.5 Å². The van der Waals surface area contributed by atoms with Gasteiger partial charge in [-0.05, 0) is 62.6 Å². The van der Waals surface area contributed by atoms with Crippen molar-refractivity contribution in [1.29, 1.82) is 0 Å². The lowest BCUT2D eigenvalue weighted by Crippen LogP contribution is -2.21. The van der Waals surface area contributed by atoms with Gasteiger partial charge < -0.3 is 4.90 Å². The topological polar surface area (TPSA) is 65.6 Å². The molecule has 5 aromatic rings. The Hall–Kier alpha value is -3.49. The van der Waals surface area contributed by atoms with Gasteiger partial charge in [-0.1, -0.05) is 72.4 Å². The zero-order valence-electron chi connectivity index (χ0n) is 21.4. The van der Waals surface area contributed by atoms with E-state index in [0.29, 0.717) is 5.13 Å². The van der Waals surface area contributed by atoms with Crippen molar-refractivity contribution in [2.45, 2.75) is 40.0 Å². The molecule has 0 unspecified atom stereocenters. The third-order valence-electron chi connectivity index (χ3n) is 6.31. The monoisotopic (exact) mass is 526 g/mol. The number of benzene rings is 3. The summed E-state index contributed by atoms with van der Waals surface area (Å²) in [6.45, 7) is 8.49. The number of rotatable bonds is 10. The fourth-order valence-electron chi connectivity index (χ4n) is 4.31. The van der Waals surface area contributed by atoms with Crippen LogP contribution in [0, 0.1) is 0 Å². The molecule has 0 saturated carbocycles. The molecule has 0 fully saturated rings. The maximum Gasteiger partial charge on any atom is 0.231 e. The third kappa shape index (κ3) is 5.76. The molecule has 0 radical (unpaired) electrons. The highest BCUT2D eigenvalue weighted by atomic mass is 32.1. The average Bonchev–Trinajstić information content (AvgIpc) is 3.50. The highest BCUT2D eigenvalue weighted by molar-refractivity contribution is 7.30. The molecule has 188 valence electrons. The van der Waals surface area contributed by atoms with Gasteiger partial charge in [-0.2, -0.15) is 0 Å². The quantitative estimate of drug-likeness (QED) is 0.170. The molecule has 0 amide bonds. The summed E-state index contributed by atoms with van der Waals surface area (Å²) in [6.07, 6.45) is 3.52. The highest BCUT2D eigenvalue weighted by Gasteiger charge is 2.11. The number of aryl methyl sites for hydroxylation is 1. The van der Waals surface area contributed by atoms with Crippen LogP contribution in [0.4, 0.5) is 27.2 Å². The lowest BCUT2D eigenvalue weighted by Gasteiger charge is -2.23. The molecular weight excluding hydrogens is 496 g/mol. The van der Waals surface area contributed by atoms with E-state index >= 15 is 0 Å². The van der Waals surface area contributed by atoms with Crippen LogP contribution in [0.2, 0.25) is 0 Å². The Morgan fingerprint density at radius 3 is 2.30 bits per heavy atom. The number of hydrogen-bond acceptors (Lipinski definition) is 8. The lowest BCUT2D eigenvalue weighted by atomic mass is 10.1. The second-order valence-corrected chi connectivity index (χ2v) is 10.8. The van der Waals surface area contributed by atoms with Crippen LogP contribution in [0.25, 0.3) is 20.3 Å². The molecular formula is C29H30N6S2. The van der Waals surface area contributed by atoms with Crippen LogP contribution in [-0.2, 0) is 6.42 Å². The van der Waals surface area contributed by atoms with Crippen LogP contribution in [0.15, 0.2) is 87.2 Å². The molecule has 6 nitrogen and oxygen atoms in total. The number of unbranched alkanes of at least 4 members (excludes halogenated alkanes) is 1. The van der Waals surface area contributed by atoms with Crippen LogP contribution < -0.4 is 4.90 Å². The number of anilines is 1. The molecule has 0 saturated heterocycles. The SMILES string of the molecule is CCCCc1ccc(N=Nc2cc3sc(N=Nc4ccc(N(CC)CC)c5ccccc45)nc3s2)cc1. The number of aromatic nitrogens is 1. The van der Waals surface area contributed by atoms with Crippen molar-refractivity contribution in [3.05, 3.63) is 72.3 Å². The fourth-order valence-corrected chi connectivity index (χ4v) is 6.16. The maximum atomic E-state index is 4.66. The molecule has 8 heteroatoms. The first-order chi connectivity index (χ1) is 18.2. The zero-order chi connectivity index (χ0) is 25.6. The smallest absolute Gasteiger partial charge is 0.231 e. The van der Waals surface area contributed by atoms with Gasteiger partial charge in [-0.25, -0.2) is 4.98 Å². The van der Waals surface area contributed by atoms with E-state index in [9.17, 15) is 0 Å². The minimum atomic E-state index is 0.643. The van der Waals surface area contributed by atoms with Crippen molar-refractivity contribution in [3.8, 4) is 0 Å². The second-order valence-electron chi connectivity index (χ2n) is 8.74. The van der Waals surface area contributed by atoms with Crippen molar-refractivity contribution in [2.75, 3.05) is 18.0 Å². The predicted octanol–water partition coefficient (Wildman–Crippen LogP) is 10.5. The number of thiophene rings is 1. The van der Waals surface area contributed by atoms with E-state index in [-0.39, 0.29) is 0 Å². The van der Waals surface area contributed by atoms with Gasteiger partial charge in [0.25, 0.3) is 0 Å². The van der Waals surface area contributed by atoms with Crippen LogP contribution in [0.3, 0.4) is 0 Å². The molecule has 0 bridgehead atoms. The minimum absolute atomic E-state index is 0.643. The summed E-state index contributed by atoms with van der Waals surface area (Å²) in [7, 11) is 0. The standard InChI is InChI=1S/C29H30N6S2/c1-4-7-10-20-13-15-21(16-14-20)31-33-27-19-26-28(37-27)30-29(36-26)34-32-24-17-18-25(35(5-2)6-3)23-12-9-8-11-22(23)24/h8-9,11-19H,4-7,10H2,1-3H3. The fraction of sp³-hybridized carbons (Fsp3) is 0.276. The Morgan fingerprint density at radius 1 is 0.784 bits per heavy atom. The second kappa shape index (κ2) is 11.7. The van der Waals surface area contributed by atoms with E-state index < -0.39 is 0 Å². The molecule has 2 aromatic heterocycles. The first kappa shape index (κ1) is 25.2. The van der Waals surface area contributed by atoms with E-state index in [1.54, 1.807) is 0 Å². The molecule has 0 aliphatic rings. The summed E-state index contributed by atoms with van der Waals surface area (Å²) >= 11 is 3.04. The lowest BCUT2D eigenvalue weighted by molar-refractivity contribution is 0.795. The number of hydrogen-bond donors (Lipinski definition) is 0. The Kier molecular flexibility index (Phi) is 7.96. The Morgan fingerprint density at radius 2 is 1.57 bits per heavy atom. The largest absolute Gasteiger partial charge is 0.372 e. The molecule has 37 heavy (non-hydrogen) atoms. The highest BCUT2D eigenvalue weighted by Crippen LogP contribution is 2.40. The van der Waals surface area contributed by atoms with Crippen molar-refractivity contribution >= 4 is 70.2 Å². The molecule has 2 heterocycles. The van der Waals surface area contributed by atoms with Crippen LogP contribution in [0.1, 0.15) is 39.2 Å². The van der Waals surface area contributed by atoms with Crippen LogP contribution >= 0.6 is 22.7 Å². The minimum Gasteiger partial charge on any atom is -0.372 e. The summed E-state index contributed by atoms with van der Waals surface area (Å²) in [5, 5.41) is 21.6. The molecule has 3 aromatic carbocycles. The number of azo groups is 2.